The molecule has 0 bridgehead atoms. The Balaban J connectivity index is 1.84. The molecule has 1 N–H and O–H groups in total. The van der Waals surface area contributed by atoms with Gasteiger partial charge in [-0.25, -0.2) is 9.78 Å². The predicted octanol–water partition coefficient (Wildman–Crippen LogP) is 4.82. The van der Waals surface area contributed by atoms with Gasteiger partial charge in [-0.3, -0.25) is 4.68 Å². The molecular formula is C22H22N4O3S. The molecule has 3 heterocycles. The normalized spacial score (nSPS) is 11.1. The number of aromatic nitrogens is 3. The number of anilines is 1. The van der Waals surface area contributed by atoms with Crippen LogP contribution >= 0.6 is 11.3 Å². The van der Waals surface area contributed by atoms with Crippen molar-refractivity contribution >= 4 is 32.7 Å². The van der Waals surface area contributed by atoms with Crippen molar-refractivity contribution in [1.29, 1.82) is 0 Å². The smallest absolute Gasteiger partial charge is 0.356 e. The minimum absolute atomic E-state index is 0.0387. The van der Waals surface area contributed by atoms with Gasteiger partial charge >= 0.3 is 5.97 Å². The lowest BCUT2D eigenvalue weighted by atomic mass is 10.0. The number of thiazole rings is 1. The number of aryl methyl sites for hydroxylation is 1. The van der Waals surface area contributed by atoms with E-state index in [4.69, 9.17) is 9.40 Å². The van der Waals surface area contributed by atoms with Gasteiger partial charge in [0.05, 0.1) is 29.3 Å². The first-order valence-corrected chi connectivity index (χ1v) is 10.4. The first-order chi connectivity index (χ1) is 14.5. The van der Waals surface area contributed by atoms with E-state index in [0.29, 0.717) is 6.54 Å². The highest BCUT2D eigenvalue weighted by molar-refractivity contribution is 7.22. The number of fused-ring (bicyclic) bond motifs is 1. The fourth-order valence-corrected chi connectivity index (χ4v) is 4.50. The summed E-state index contributed by atoms with van der Waals surface area (Å²) < 4.78 is 8.03. The molecule has 154 valence electrons. The van der Waals surface area contributed by atoms with Crippen molar-refractivity contribution in [1.82, 2.24) is 14.8 Å². The summed E-state index contributed by atoms with van der Waals surface area (Å²) >= 11 is 1.63. The van der Waals surface area contributed by atoms with Gasteiger partial charge in [0.15, 0.2) is 10.8 Å². The maximum atomic E-state index is 11.3. The van der Waals surface area contributed by atoms with Crippen molar-refractivity contribution in [2.24, 2.45) is 0 Å². The van der Waals surface area contributed by atoms with Crippen LogP contribution < -0.4 is 4.90 Å². The van der Waals surface area contributed by atoms with Gasteiger partial charge in [-0.2, -0.15) is 5.10 Å². The minimum Gasteiger partial charge on any atom is -0.476 e. The summed E-state index contributed by atoms with van der Waals surface area (Å²) in [7, 11) is 0. The summed E-state index contributed by atoms with van der Waals surface area (Å²) in [6.45, 7) is 9.77. The number of hydrogen-bond donors (Lipinski definition) is 1. The van der Waals surface area contributed by atoms with E-state index in [9.17, 15) is 9.90 Å². The summed E-state index contributed by atoms with van der Waals surface area (Å²) in [6.07, 6.45) is 5.23. The summed E-state index contributed by atoms with van der Waals surface area (Å²) in [6, 6.07) is 7.69. The molecule has 0 aliphatic heterocycles. The van der Waals surface area contributed by atoms with Crippen LogP contribution in [-0.2, 0) is 6.54 Å². The van der Waals surface area contributed by atoms with Crippen molar-refractivity contribution in [3.63, 3.8) is 0 Å². The number of hydrogen-bond acceptors (Lipinski definition) is 6. The van der Waals surface area contributed by atoms with Gasteiger partial charge in [-0.1, -0.05) is 17.4 Å². The largest absolute Gasteiger partial charge is 0.476 e. The third-order valence-electron chi connectivity index (χ3n) is 4.94. The van der Waals surface area contributed by atoms with Gasteiger partial charge < -0.3 is 14.4 Å². The predicted molar refractivity (Wildman–Crippen MR) is 118 cm³/mol. The Bertz CT molecular complexity index is 1210. The fraction of sp³-hybridized carbons (Fsp3) is 0.227. The first-order valence-electron chi connectivity index (χ1n) is 9.59. The molecule has 0 saturated heterocycles. The molecule has 30 heavy (non-hydrogen) atoms. The van der Waals surface area contributed by atoms with Crippen LogP contribution in [0, 0.1) is 6.92 Å². The summed E-state index contributed by atoms with van der Waals surface area (Å²) in [5, 5.41) is 14.4. The van der Waals surface area contributed by atoms with E-state index in [0.717, 1.165) is 50.8 Å². The van der Waals surface area contributed by atoms with Crippen LogP contribution in [0.15, 0.2) is 53.9 Å². The van der Waals surface area contributed by atoms with Crippen LogP contribution in [0.3, 0.4) is 0 Å². The highest BCUT2D eigenvalue weighted by atomic mass is 32.1. The van der Waals surface area contributed by atoms with Gasteiger partial charge in [-0.15, -0.1) is 6.58 Å². The van der Waals surface area contributed by atoms with Gasteiger partial charge in [0.2, 0.25) is 0 Å². The van der Waals surface area contributed by atoms with E-state index in [-0.39, 0.29) is 5.69 Å². The monoisotopic (exact) mass is 422 g/mol. The summed E-state index contributed by atoms with van der Waals surface area (Å²) in [4.78, 5) is 18.4. The maximum Gasteiger partial charge on any atom is 0.356 e. The van der Waals surface area contributed by atoms with Crippen molar-refractivity contribution in [3.8, 4) is 11.1 Å². The lowest BCUT2D eigenvalue weighted by Crippen LogP contribution is -2.22. The van der Waals surface area contributed by atoms with E-state index in [1.807, 2.05) is 19.1 Å². The number of carboxylic acid groups (broad SMARTS) is 1. The average Bonchev–Trinajstić information content (AvgIpc) is 3.46. The molecule has 0 aliphatic carbocycles. The quantitative estimate of drug-likeness (QED) is 0.410. The Morgan fingerprint density at radius 1 is 1.37 bits per heavy atom. The molecule has 7 nitrogen and oxygen atoms in total. The van der Waals surface area contributed by atoms with Gasteiger partial charge in [0.25, 0.3) is 0 Å². The van der Waals surface area contributed by atoms with Crippen LogP contribution in [0.5, 0.6) is 0 Å². The van der Waals surface area contributed by atoms with Crippen molar-refractivity contribution in [3.05, 3.63) is 66.4 Å². The third-order valence-corrected chi connectivity index (χ3v) is 6.00. The van der Waals surface area contributed by atoms with Crippen LogP contribution in [0.2, 0.25) is 0 Å². The van der Waals surface area contributed by atoms with Gasteiger partial charge in [0, 0.05) is 29.9 Å². The molecule has 0 saturated carbocycles. The molecule has 8 heteroatoms. The van der Waals surface area contributed by atoms with E-state index >= 15 is 0 Å². The minimum atomic E-state index is -1.03. The highest BCUT2D eigenvalue weighted by Gasteiger charge is 2.17. The van der Waals surface area contributed by atoms with Gasteiger partial charge in [-0.05, 0) is 43.7 Å². The molecule has 1 aromatic carbocycles. The second kappa shape index (κ2) is 8.16. The zero-order valence-corrected chi connectivity index (χ0v) is 17.6. The lowest BCUT2D eigenvalue weighted by molar-refractivity contribution is 0.0689. The fourth-order valence-electron chi connectivity index (χ4n) is 3.37. The van der Waals surface area contributed by atoms with E-state index in [2.05, 4.69) is 35.6 Å². The van der Waals surface area contributed by atoms with E-state index in [1.54, 1.807) is 34.6 Å². The third kappa shape index (κ3) is 3.73. The van der Waals surface area contributed by atoms with Crippen molar-refractivity contribution in [2.75, 3.05) is 18.0 Å². The van der Waals surface area contributed by atoms with Crippen LogP contribution in [-0.4, -0.2) is 38.9 Å². The molecular weight excluding hydrogens is 400 g/mol. The second-order valence-corrected chi connectivity index (χ2v) is 7.96. The average molecular weight is 423 g/mol. The highest BCUT2D eigenvalue weighted by Crippen LogP contribution is 2.35. The molecule has 3 aromatic heterocycles. The van der Waals surface area contributed by atoms with Crippen molar-refractivity contribution in [2.45, 2.75) is 20.4 Å². The number of carbonyl (C=O) groups is 1. The Kier molecular flexibility index (Phi) is 5.41. The molecule has 0 unspecified atom stereocenters. The molecule has 0 atom stereocenters. The standard InChI is InChI=1S/C22H22N4O3S/c1-4-7-25(5-2)22-23-20-17(12-26-14(3)9-18(24-26)21(27)28)10-16(11-19(20)30-22)15-6-8-29-13-15/h4,6,8-11,13H,1,5,7,12H2,2-3H3,(H,27,28). The Morgan fingerprint density at radius 2 is 2.20 bits per heavy atom. The number of nitrogens with zero attached hydrogens (tertiary/aromatic N) is 4. The first kappa shape index (κ1) is 19.9. The van der Waals surface area contributed by atoms with Crippen LogP contribution in [0.4, 0.5) is 5.13 Å². The molecule has 0 fully saturated rings. The maximum absolute atomic E-state index is 11.3. The summed E-state index contributed by atoms with van der Waals surface area (Å²) in [5.41, 5.74) is 4.70. The molecule has 0 amide bonds. The van der Waals surface area contributed by atoms with Crippen LogP contribution in [0.1, 0.15) is 28.7 Å². The summed E-state index contributed by atoms with van der Waals surface area (Å²) in [5.74, 6) is -1.03. The number of aromatic carboxylic acids is 1. The number of furan rings is 1. The number of benzene rings is 1. The van der Waals surface area contributed by atoms with Gasteiger partial charge in [0.1, 0.15) is 0 Å². The van der Waals surface area contributed by atoms with E-state index < -0.39 is 5.97 Å². The Labute approximate surface area is 177 Å². The second-order valence-electron chi connectivity index (χ2n) is 6.95. The van der Waals surface area contributed by atoms with Crippen LogP contribution in [0.25, 0.3) is 21.3 Å². The molecule has 4 rings (SSSR count). The molecule has 0 radical (unpaired) electrons. The molecule has 4 aromatic rings. The number of likely N-dealkylation sites (N-methyl/N-ethyl adjacent to an activating group) is 1. The number of rotatable bonds is 8. The lowest BCUT2D eigenvalue weighted by Gasteiger charge is -2.16. The zero-order chi connectivity index (χ0) is 21.3. The Hall–Kier alpha value is -3.39. The molecule has 0 spiro atoms. The Morgan fingerprint density at radius 3 is 2.83 bits per heavy atom. The zero-order valence-electron chi connectivity index (χ0n) is 16.8. The van der Waals surface area contributed by atoms with Crippen molar-refractivity contribution < 1.29 is 14.3 Å². The number of carboxylic acids is 1. The molecule has 0 aliphatic rings. The SMILES string of the molecule is C=CCN(CC)c1nc2c(Cn3nc(C(=O)O)cc3C)cc(-c3ccoc3)cc2s1. The topological polar surface area (TPSA) is 84.4 Å². The van der Waals surface area contributed by atoms with E-state index in [1.165, 1.54) is 0 Å².